The molecule has 1 atom stereocenters. The second kappa shape index (κ2) is 3.30. The van der Waals surface area contributed by atoms with Gasteiger partial charge < -0.3 is 4.74 Å². The molecule has 68 valence electrons. The molecule has 1 fully saturated rings. The molecule has 0 bridgehead atoms. The summed E-state index contributed by atoms with van der Waals surface area (Å²) in [4.78, 5) is 23.3. The number of carbonyl (C=O) groups excluding carboxylic acids is 2. The van der Waals surface area contributed by atoms with Crippen molar-refractivity contribution in [2.45, 2.75) is 6.42 Å². The van der Waals surface area contributed by atoms with Gasteiger partial charge in [0.25, 0.3) is 0 Å². The number of hydrogen-bond donors (Lipinski definition) is 0. The molecule has 1 aliphatic heterocycles. The van der Waals surface area contributed by atoms with Gasteiger partial charge in [-0.3, -0.25) is 9.59 Å². The molecule has 0 aromatic carbocycles. The van der Waals surface area contributed by atoms with E-state index >= 15 is 0 Å². The molecule has 1 unspecified atom stereocenters. The summed E-state index contributed by atoms with van der Waals surface area (Å²) in [6.07, 6.45) is 0.523. The lowest BCUT2D eigenvalue weighted by atomic mass is 10.0. The van der Waals surface area contributed by atoms with Gasteiger partial charge in [-0.1, -0.05) is 6.07 Å². The fraction of sp³-hybridized carbons (Fsp3) is 0.333. The summed E-state index contributed by atoms with van der Waals surface area (Å²) >= 11 is 1.36. The monoisotopic (exact) mass is 196 g/mol. The summed E-state index contributed by atoms with van der Waals surface area (Å²) < 4.78 is 4.73. The summed E-state index contributed by atoms with van der Waals surface area (Å²) in [6.45, 7) is 0.376. The third kappa shape index (κ3) is 1.49. The van der Waals surface area contributed by atoms with Gasteiger partial charge in [-0.2, -0.15) is 0 Å². The summed E-state index contributed by atoms with van der Waals surface area (Å²) in [6, 6.07) is 3.54. The van der Waals surface area contributed by atoms with Gasteiger partial charge in [0.15, 0.2) is 5.78 Å². The lowest BCUT2D eigenvalue weighted by Crippen LogP contribution is -2.18. The highest BCUT2D eigenvalue weighted by atomic mass is 32.1. The zero-order valence-electron chi connectivity index (χ0n) is 6.86. The topological polar surface area (TPSA) is 43.4 Å². The van der Waals surface area contributed by atoms with Crippen molar-refractivity contribution < 1.29 is 14.3 Å². The Labute approximate surface area is 79.3 Å². The quantitative estimate of drug-likeness (QED) is 0.409. The van der Waals surface area contributed by atoms with Crippen molar-refractivity contribution in [3.63, 3.8) is 0 Å². The lowest BCUT2D eigenvalue weighted by Gasteiger charge is -2.00. The molecular weight excluding hydrogens is 188 g/mol. The minimum atomic E-state index is -0.557. The zero-order chi connectivity index (χ0) is 9.26. The molecule has 0 amide bonds. The van der Waals surface area contributed by atoms with Crippen LogP contribution in [0.4, 0.5) is 0 Å². The Balaban J connectivity index is 2.18. The molecule has 1 saturated heterocycles. The predicted octanol–water partition coefficient (Wildman–Crippen LogP) is 1.49. The molecule has 3 nitrogen and oxygen atoms in total. The molecule has 0 radical (unpaired) electrons. The van der Waals surface area contributed by atoms with Crippen molar-refractivity contribution in [3.05, 3.63) is 22.4 Å². The summed E-state index contributed by atoms with van der Waals surface area (Å²) in [5.41, 5.74) is 0. The number of Topliss-reactive ketones (excluding diaryl/α,β-unsaturated/α-hetero) is 1. The van der Waals surface area contributed by atoms with Gasteiger partial charge in [-0.05, 0) is 11.4 Å². The van der Waals surface area contributed by atoms with Crippen molar-refractivity contribution in [2.75, 3.05) is 6.61 Å². The fourth-order valence-corrected chi connectivity index (χ4v) is 2.04. The smallest absolute Gasteiger partial charge is 0.317 e. The summed E-state index contributed by atoms with van der Waals surface area (Å²) in [5.74, 6) is -1.03. The Hall–Kier alpha value is -1.16. The normalized spacial score (nSPS) is 21.5. The largest absolute Gasteiger partial charge is 0.465 e. The first-order valence-corrected chi connectivity index (χ1v) is 4.91. The van der Waals surface area contributed by atoms with E-state index in [2.05, 4.69) is 0 Å². The first-order valence-electron chi connectivity index (χ1n) is 4.03. The van der Waals surface area contributed by atoms with Gasteiger partial charge in [0.1, 0.15) is 5.92 Å². The standard InChI is InChI=1S/C9H8O3S/c10-8(7-2-1-5-13-7)6-3-4-12-9(6)11/h1-2,5-6H,3-4H2. The molecule has 0 spiro atoms. The van der Waals surface area contributed by atoms with Crippen molar-refractivity contribution >= 4 is 23.1 Å². The molecule has 4 heteroatoms. The Kier molecular flexibility index (Phi) is 2.14. The van der Waals surface area contributed by atoms with E-state index in [0.717, 1.165) is 0 Å². The highest BCUT2D eigenvalue weighted by Gasteiger charge is 2.34. The molecule has 2 heterocycles. The lowest BCUT2D eigenvalue weighted by molar-refractivity contribution is -0.139. The Bertz CT molecular complexity index is 329. The van der Waals surface area contributed by atoms with E-state index in [9.17, 15) is 9.59 Å². The minimum Gasteiger partial charge on any atom is -0.465 e. The van der Waals surface area contributed by atoms with E-state index in [-0.39, 0.29) is 11.8 Å². The maximum Gasteiger partial charge on any atom is 0.317 e. The van der Waals surface area contributed by atoms with Crippen LogP contribution in [0.1, 0.15) is 16.1 Å². The number of hydrogen-bond acceptors (Lipinski definition) is 4. The van der Waals surface area contributed by atoms with Crippen LogP contribution in [0.25, 0.3) is 0 Å². The molecule has 0 N–H and O–H groups in total. The molecule has 13 heavy (non-hydrogen) atoms. The van der Waals surface area contributed by atoms with Crippen LogP contribution < -0.4 is 0 Å². The predicted molar refractivity (Wildman–Crippen MR) is 47.7 cm³/mol. The first kappa shape index (κ1) is 8.44. The summed E-state index contributed by atoms with van der Waals surface area (Å²) in [5, 5.41) is 1.83. The molecular formula is C9H8O3S. The van der Waals surface area contributed by atoms with E-state index in [1.165, 1.54) is 11.3 Å². The van der Waals surface area contributed by atoms with E-state index in [1.54, 1.807) is 12.1 Å². The molecule has 0 aliphatic carbocycles. The van der Waals surface area contributed by atoms with Gasteiger partial charge in [-0.15, -0.1) is 11.3 Å². The van der Waals surface area contributed by atoms with Crippen LogP contribution >= 0.6 is 11.3 Å². The van der Waals surface area contributed by atoms with Crippen LogP contribution in [0.2, 0.25) is 0 Å². The van der Waals surface area contributed by atoms with E-state index in [1.807, 2.05) is 5.38 Å². The maximum atomic E-state index is 11.6. The van der Waals surface area contributed by atoms with Gasteiger partial charge in [0.2, 0.25) is 0 Å². The number of carbonyl (C=O) groups is 2. The SMILES string of the molecule is O=C1OCCC1C(=O)c1cccs1. The number of cyclic esters (lactones) is 1. The fourth-order valence-electron chi connectivity index (χ4n) is 1.32. The van der Waals surface area contributed by atoms with Crippen LogP contribution in [0.3, 0.4) is 0 Å². The Morgan fingerprint density at radius 3 is 3.00 bits per heavy atom. The zero-order valence-corrected chi connectivity index (χ0v) is 7.67. The average molecular weight is 196 g/mol. The van der Waals surface area contributed by atoms with E-state index < -0.39 is 5.92 Å². The van der Waals surface area contributed by atoms with Gasteiger partial charge >= 0.3 is 5.97 Å². The molecule has 1 aromatic heterocycles. The number of rotatable bonds is 2. The molecule has 2 rings (SSSR count). The van der Waals surface area contributed by atoms with Crippen LogP contribution in [-0.4, -0.2) is 18.4 Å². The second-order valence-corrected chi connectivity index (χ2v) is 3.80. The summed E-state index contributed by atoms with van der Waals surface area (Å²) in [7, 11) is 0. The average Bonchev–Trinajstić information content (AvgIpc) is 2.72. The molecule has 1 aliphatic rings. The highest BCUT2D eigenvalue weighted by Crippen LogP contribution is 2.22. The minimum absolute atomic E-state index is 0.0995. The number of ketones is 1. The third-order valence-electron chi connectivity index (χ3n) is 2.02. The first-order chi connectivity index (χ1) is 6.29. The van der Waals surface area contributed by atoms with Crippen LogP contribution in [-0.2, 0) is 9.53 Å². The Morgan fingerprint density at radius 1 is 1.62 bits per heavy atom. The van der Waals surface area contributed by atoms with E-state index in [4.69, 9.17) is 4.74 Å². The van der Waals surface area contributed by atoms with Crippen LogP contribution in [0, 0.1) is 5.92 Å². The number of ether oxygens (including phenoxy) is 1. The maximum absolute atomic E-state index is 11.6. The van der Waals surface area contributed by atoms with Gasteiger partial charge in [-0.25, -0.2) is 0 Å². The van der Waals surface area contributed by atoms with Crippen molar-refractivity contribution in [1.29, 1.82) is 0 Å². The highest BCUT2D eigenvalue weighted by molar-refractivity contribution is 7.12. The van der Waals surface area contributed by atoms with Gasteiger partial charge in [0.05, 0.1) is 11.5 Å². The van der Waals surface area contributed by atoms with E-state index in [0.29, 0.717) is 17.9 Å². The third-order valence-corrected chi connectivity index (χ3v) is 2.90. The van der Waals surface area contributed by atoms with Crippen molar-refractivity contribution in [1.82, 2.24) is 0 Å². The Morgan fingerprint density at radius 2 is 2.46 bits per heavy atom. The molecule has 0 saturated carbocycles. The number of esters is 1. The molecule has 1 aromatic rings. The van der Waals surface area contributed by atoms with Crippen LogP contribution in [0.5, 0.6) is 0 Å². The number of thiophene rings is 1. The van der Waals surface area contributed by atoms with Crippen LogP contribution in [0.15, 0.2) is 17.5 Å². The van der Waals surface area contributed by atoms with Gasteiger partial charge in [0, 0.05) is 6.42 Å². The second-order valence-electron chi connectivity index (χ2n) is 2.85. The van der Waals surface area contributed by atoms with Crippen molar-refractivity contribution in [3.8, 4) is 0 Å². The van der Waals surface area contributed by atoms with Crippen molar-refractivity contribution in [2.24, 2.45) is 5.92 Å².